The predicted octanol–water partition coefficient (Wildman–Crippen LogP) is 5.04. The summed E-state index contributed by atoms with van der Waals surface area (Å²) in [5.41, 5.74) is 2.09. The Labute approximate surface area is 194 Å². The van der Waals surface area contributed by atoms with Crippen molar-refractivity contribution in [3.8, 4) is 0 Å². The zero-order valence-corrected chi connectivity index (χ0v) is 18.9. The Bertz CT molecular complexity index is 1140. The fourth-order valence-corrected chi connectivity index (χ4v) is 3.20. The van der Waals surface area contributed by atoms with Crippen molar-refractivity contribution in [2.45, 2.75) is 6.92 Å². The molecule has 162 valence electrons. The van der Waals surface area contributed by atoms with Crippen LogP contribution in [0.3, 0.4) is 0 Å². The van der Waals surface area contributed by atoms with Crippen LogP contribution in [-0.4, -0.2) is 24.4 Å². The molecule has 0 heterocycles. The monoisotopic (exact) mass is 492 g/mol. The SMILES string of the molecule is CCOC(=O)c1ccc(NC(=O)/C(=C\c2ccccc2)NC(=O)c2cccc(Br)c2)cc1. The Morgan fingerprint density at radius 3 is 2.28 bits per heavy atom. The highest BCUT2D eigenvalue weighted by Crippen LogP contribution is 2.15. The molecule has 3 rings (SSSR count). The van der Waals surface area contributed by atoms with Gasteiger partial charge in [0.05, 0.1) is 12.2 Å². The van der Waals surface area contributed by atoms with E-state index in [-0.39, 0.29) is 12.3 Å². The zero-order chi connectivity index (χ0) is 22.9. The summed E-state index contributed by atoms with van der Waals surface area (Å²) in [6, 6.07) is 22.4. The predicted molar refractivity (Wildman–Crippen MR) is 127 cm³/mol. The van der Waals surface area contributed by atoms with Gasteiger partial charge < -0.3 is 15.4 Å². The number of carbonyl (C=O) groups excluding carboxylic acids is 3. The Hall–Kier alpha value is -3.71. The van der Waals surface area contributed by atoms with Crippen molar-refractivity contribution < 1.29 is 19.1 Å². The molecule has 2 N–H and O–H groups in total. The maximum absolute atomic E-state index is 13.0. The minimum Gasteiger partial charge on any atom is -0.462 e. The van der Waals surface area contributed by atoms with Gasteiger partial charge in [0.15, 0.2) is 0 Å². The van der Waals surface area contributed by atoms with Gasteiger partial charge in [-0.3, -0.25) is 9.59 Å². The first-order valence-electron chi connectivity index (χ1n) is 9.88. The molecule has 0 atom stereocenters. The maximum atomic E-state index is 13.0. The molecule has 0 aliphatic carbocycles. The first-order chi connectivity index (χ1) is 15.5. The van der Waals surface area contributed by atoms with E-state index in [1.807, 2.05) is 36.4 Å². The van der Waals surface area contributed by atoms with Crippen LogP contribution in [0.5, 0.6) is 0 Å². The summed E-state index contributed by atoms with van der Waals surface area (Å²) in [7, 11) is 0. The van der Waals surface area contributed by atoms with Crippen molar-refractivity contribution >= 4 is 45.5 Å². The Morgan fingerprint density at radius 1 is 0.906 bits per heavy atom. The number of nitrogens with one attached hydrogen (secondary N) is 2. The summed E-state index contributed by atoms with van der Waals surface area (Å²) in [5, 5.41) is 5.44. The first kappa shape index (κ1) is 23.0. The van der Waals surface area contributed by atoms with Gasteiger partial charge in [-0.1, -0.05) is 52.3 Å². The number of hydrogen-bond donors (Lipinski definition) is 2. The summed E-state index contributed by atoms with van der Waals surface area (Å²) >= 11 is 3.34. The topological polar surface area (TPSA) is 84.5 Å². The van der Waals surface area contributed by atoms with Gasteiger partial charge in [-0.25, -0.2) is 4.79 Å². The lowest BCUT2D eigenvalue weighted by Gasteiger charge is -2.12. The molecule has 3 aromatic rings. The average Bonchev–Trinajstić information content (AvgIpc) is 2.80. The van der Waals surface area contributed by atoms with Crippen molar-refractivity contribution in [1.82, 2.24) is 5.32 Å². The minimum absolute atomic E-state index is 0.0793. The van der Waals surface area contributed by atoms with Crippen molar-refractivity contribution in [3.63, 3.8) is 0 Å². The number of anilines is 1. The van der Waals surface area contributed by atoms with Crippen molar-refractivity contribution in [2.24, 2.45) is 0 Å². The normalized spacial score (nSPS) is 10.9. The van der Waals surface area contributed by atoms with Gasteiger partial charge in [-0.15, -0.1) is 0 Å². The summed E-state index contributed by atoms with van der Waals surface area (Å²) in [6.07, 6.45) is 1.60. The summed E-state index contributed by atoms with van der Waals surface area (Å²) in [5.74, 6) is -1.35. The molecular formula is C25H21BrN2O4. The second kappa shape index (κ2) is 11.1. The minimum atomic E-state index is -0.499. The highest BCUT2D eigenvalue weighted by atomic mass is 79.9. The molecule has 0 aromatic heterocycles. The molecule has 0 saturated heterocycles. The lowest BCUT2D eigenvalue weighted by molar-refractivity contribution is -0.113. The van der Waals surface area contributed by atoms with Crippen LogP contribution < -0.4 is 10.6 Å². The number of benzene rings is 3. The lowest BCUT2D eigenvalue weighted by Crippen LogP contribution is -2.30. The summed E-state index contributed by atoms with van der Waals surface area (Å²) < 4.78 is 5.72. The highest BCUT2D eigenvalue weighted by molar-refractivity contribution is 9.10. The first-order valence-corrected chi connectivity index (χ1v) is 10.7. The van der Waals surface area contributed by atoms with Gasteiger partial charge in [-0.2, -0.15) is 0 Å². The van der Waals surface area contributed by atoms with E-state index < -0.39 is 17.8 Å². The number of hydrogen-bond acceptors (Lipinski definition) is 4. The number of halogens is 1. The third kappa shape index (κ3) is 6.39. The van der Waals surface area contributed by atoms with E-state index in [2.05, 4.69) is 26.6 Å². The molecule has 6 nitrogen and oxygen atoms in total. The Kier molecular flexibility index (Phi) is 7.94. The largest absolute Gasteiger partial charge is 0.462 e. The Morgan fingerprint density at radius 2 is 1.62 bits per heavy atom. The number of ether oxygens (including phenoxy) is 1. The smallest absolute Gasteiger partial charge is 0.338 e. The van der Waals surface area contributed by atoms with Crippen molar-refractivity contribution in [1.29, 1.82) is 0 Å². The van der Waals surface area contributed by atoms with Crippen LogP contribution in [0.1, 0.15) is 33.2 Å². The molecule has 0 radical (unpaired) electrons. The van der Waals surface area contributed by atoms with Gasteiger partial charge >= 0.3 is 5.97 Å². The van der Waals surface area contributed by atoms with Gasteiger partial charge in [0.2, 0.25) is 0 Å². The lowest BCUT2D eigenvalue weighted by atomic mass is 10.1. The number of amides is 2. The molecule has 3 aromatic carbocycles. The fraction of sp³-hybridized carbons (Fsp3) is 0.0800. The zero-order valence-electron chi connectivity index (χ0n) is 17.3. The summed E-state index contributed by atoms with van der Waals surface area (Å²) in [6.45, 7) is 2.01. The molecule has 0 aliphatic heterocycles. The van der Waals surface area contributed by atoms with E-state index in [1.165, 1.54) is 0 Å². The molecule has 0 fully saturated rings. The fourth-order valence-electron chi connectivity index (χ4n) is 2.80. The second-order valence-electron chi connectivity index (χ2n) is 6.69. The van der Waals surface area contributed by atoms with Gasteiger partial charge in [0.1, 0.15) is 5.70 Å². The summed E-state index contributed by atoms with van der Waals surface area (Å²) in [4.78, 5) is 37.5. The van der Waals surface area contributed by atoms with Crippen LogP contribution in [0.15, 0.2) is 89.0 Å². The molecule has 0 aliphatic rings. The number of rotatable bonds is 7. The molecule has 2 amide bonds. The molecule has 0 unspecified atom stereocenters. The quantitative estimate of drug-likeness (QED) is 0.357. The molecule has 0 saturated carbocycles. The third-order valence-corrected chi connectivity index (χ3v) is 4.84. The third-order valence-electron chi connectivity index (χ3n) is 4.34. The molecule has 0 bridgehead atoms. The van der Waals surface area contributed by atoms with Crippen LogP contribution in [0.2, 0.25) is 0 Å². The van der Waals surface area contributed by atoms with Crippen LogP contribution in [0.4, 0.5) is 5.69 Å². The van der Waals surface area contributed by atoms with E-state index in [9.17, 15) is 14.4 Å². The molecule has 0 spiro atoms. The van der Waals surface area contributed by atoms with E-state index in [1.54, 1.807) is 55.5 Å². The van der Waals surface area contributed by atoms with Crippen LogP contribution in [0, 0.1) is 0 Å². The molecular weight excluding hydrogens is 472 g/mol. The van der Waals surface area contributed by atoms with Crippen LogP contribution >= 0.6 is 15.9 Å². The molecule has 7 heteroatoms. The van der Waals surface area contributed by atoms with E-state index in [4.69, 9.17) is 4.74 Å². The number of esters is 1. The van der Waals surface area contributed by atoms with E-state index >= 15 is 0 Å². The van der Waals surface area contributed by atoms with Gasteiger partial charge in [0.25, 0.3) is 11.8 Å². The van der Waals surface area contributed by atoms with Crippen LogP contribution in [-0.2, 0) is 9.53 Å². The Balaban J connectivity index is 1.81. The van der Waals surface area contributed by atoms with Gasteiger partial charge in [0, 0.05) is 15.7 Å². The van der Waals surface area contributed by atoms with Crippen molar-refractivity contribution in [2.75, 3.05) is 11.9 Å². The standard InChI is InChI=1S/C25H21BrN2O4/c1-2-32-25(31)18-11-13-21(14-12-18)27-24(30)22(15-17-7-4-3-5-8-17)28-23(29)19-9-6-10-20(26)16-19/h3-16H,2H2,1H3,(H,27,30)(H,28,29)/b22-15+. The van der Waals surface area contributed by atoms with Crippen molar-refractivity contribution in [3.05, 3.63) is 106 Å². The van der Waals surface area contributed by atoms with Gasteiger partial charge in [-0.05, 0) is 61.0 Å². The highest BCUT2D eigenvalue weighted by Gasteiger charge is 2.16. The van der Waals surface area contributed by atoms with E-state index in [0.29, 0.717) is 16.8 Å². The second-order valence-corrected chi connectivity index (χ2v) is 7.60. The maximum Gasteiger partial charge on any atom is 0.338 e. The van der Waals surface area contributed by atoms with Crippen LogP contribution in [0.25, 0.3) is 6.08 Å². The number of carbonyl (C=O) groups is 3. The van der Waals surface area contributed by atoms with E-state index in [0.717, 1.165) is 10.0 Å². The molecule has 32 heavy (non-hydrogen) atoms. The average molecular weight is 493 g/mol.